The smallest absolute Gasteiger partial charge is 0.303 e. The average Bonchev–Trinajstić information content (AvgIpc) is 2.46. The quantitative estimate of drug-likeness (QED) is 0.347. The number of carboxylic acid groups (broad SMARTS) is 1. The van der Waals surface area contributed by atoms with Crippen LogP contribution in [0.3, 0.4) is 0 Å². The molecule has 0 radical (unpaired) electrons. The van der Waals surface area contributed by atoms with Crippen LogP contribution in [0.1, 0.15) is 19.3 Å². The highest BCUT2D eigenvalue weighted by Gasteiger charge is 2.03. The molecule has 1 amide bonds. The van der Waals surface area contributed by atoms with Gasteiger partial charge in [-0.2, -0.15) is 0 Å². The second-order valence-electron chi connectivity index (χ2n) is 4.08. The van der Waals surface area contributed by atoms with Crippen molar-refractivity contribution < 1.29 is 28.9 Å². The third kappa shape index (κ3) is 16.3. The predicted molar refractivity (Wildman–Crippen MR) is 75.8 cm³/mol. The van der Waals surface area contributed by atoms with Gasteiger partial charge in [0, 0.05) is 19.6 Å². The lowest BCUT2D eigenvalue weighted by atomic mass is 10.3. The largest absolute Gasteiger partial charge is 0.481 e. The third-order valence-electron chi connectivity index (χ3n) is 2.28. The Morgan fingerprint density at radius 3 is 2.24 bits per heavy atom. The molecule has 21 heavy (non-hydrogen) atoms. The minimum Gasteiger partial charge on any atom is -0.481 e. The summed E-state index contributed by atoms with van der Waals surface area (Å²) in [6.07, 6.45) is 5.54. The molecule has 2 N–H and O–H groups in total. The van der Waals surface area contributed by atoms with E-state index in [4.69, 9.17) is 25.7 Å². The van der Waals surface area contributed by atoms with E-state index < -0.39 is 5.97 Å². The number of rotatable bonds is 14. The second kappa shape index (κ2) is 14.8. The number of hydrogen-bond acceptors (Lipinski definition) is 5. The van der Waals surface area contributed by atoms with Crippen LogP contribution in [0, 0.1) is 12.3 Å². The fourth-order valence-corrected chi connectivity index (χ4v) is 1.28. The summed E-state index contributed by atoms with van der Waals surface area (Å²) in [5.74, 6) is 1.13. The SMILES string of the molecule is C#CCOCCOCCOCCCNC(=O)CCC(=O)O. The van der Waals surface area contributed by atoms with Crippen LogP contribution < -0.4 is 5.32 Å². The molecule has 0 fully saturated rings. The minimum atomic E-state index is -0.974. The summed E-state index contributed by atoms with van der Waals surface area (Å²) in [6.45, 7) is 3.16. The molecule has 0 saturated heterocycles. The Bertz CT molecular complexity index is 326. The molecule has 0 unspecified atom stereocenters. The van der Waals surface area contributed by atoms with E-state index in [1.807, 2.05) is 0 Å². The topological polar surface area (TPSA) is 94.1 Å². The van der Waals surface area contributed by atoms with Crippen LogP contribution in [0.15, 0.2) is 0 Å². The van der Waals surface area contributed by atoms with Gasteiger partial charge in [-0.25, -0.2) is 0 Å². The lowest BCUT2D eigenvalue weighted by Gasteiger charge is -2.06. The number of carboxylic acids is 1. The van der Waals surface area contributed by atoms with Gasteiger partial charge in [-0.1, -0.05) is 5.92 Å². The Morgan fingerprint density at radius 1 is 1.00 bits per heavy atom. The first-order chi connectivity index (χ1) is 10.2. The number of nitrogens with one attached hydrogen (secondary N) is 1. The number of hydrogen-bond donors (Lipinski definition) is 2. The van der Waals surface area contributed by atoms with Crippen molar-refractivity contribution in [3.8, 4) is 12.3 Å². The molecule has 0 spiro atoms. The van der Waals surface area contributed by atoms with Crippen molar-refractivity contribution in [2.75, 3.05) is 46.2 Å². The van der Waals surface area contributed by atoms with Gasteiger partial charge < -0.3 is 24.6 Å². The van der Waals surface area contributed by atoms with Gasteiger partial charge >= 0.3 is 5.97 Å². The molecule has 0 saturated carbocycles. The fourth-order valence-electron chi connectivity index (χ4n) is 1.28. The second-order valence-corrected chi connectivity index (χ2v) is 4.08. The molecular weight excluding hydrogens is 278 g/mol. The van der Waals surface area contributed by atoms with Gasteiger partial charge in [0.2, 0.25) is 5.91 Å². The van der Waals surface area contributed by atoms with Gasteiger partial charge in [0.1, 0.15) is 6.61 Å². The van der Waals surface area contributed by atoms with E-state index in [2.05, 4.69) is 11.2 Å². The highest BCUT2D eigenvalue weighted by molar-refractivity contribution is 5.80. The molecule has 7 heteroatoms. The maximum Gasteiger partial charge on any atom is 0.303 e. The predicted octanol–water partition coefficient (Wildman–Crippen LogP) is 0.0405. The van der Waals surface area contributed by atoms with Crippen molar-refractivity contribution in [1.29, 1.82) is 0 Å². The van der Waals surface area contributed by atoms with Crippen LogP contribution in [-0.2, 0) is 23.8 Å². The van der Waals surface area contributed by atoms with Crippen molar-refractivity contribution in [3.05, 3.63) is 0 Å². The minimum absolute atomic E-state index is 0.00573. The van der Waals surface area contributed by atoms with Gasteiger partial charge in [-0.3, -0.25) is 9.59 Å². The Kier molecular flexibility index (Phi) is 13.6. The molecule has 0 bridgehead atoms. The highest BCUT2D eigenvalue weighted by Crippen LogP contribution is 1.89. The third-order valence-corrected chi connectivity index (χ3v) is 2.28. The highest BCUT2D eigenvalue weighted by atomic mass is 16.5. The van der Waals surface area contributed by atoms with Gasteiger partial charge in [0.05, 0.1) is 32.8 Å². The monoisotopic (exact) mass is 301 g/mol. The molecule has 0 aromatic carbocycles. The van der Waals surface area contributed by atoms with Crippen LogP contribution in [-0.4, -0.2) is 63.2 Å². The molecule has 120 valence electrons. The van der Waals surface area contributed by atoms with Crippen molar-refractivity contribution in [2.24, 2.45) is 0 Å². The Labute approximate surface area is 124 Å². The molecule has 0 aromatic rings. The fraction of sp³-hybridized carbons (Fsp3) is 0.714. The van der Waals surface area contributed by atoms with Crippen LogP contribution >= 0.6 is 0 Å². The molecule has 0 aromatic heterocycles. The summed E-state index contributed by atoms with van der Waals surface area (Å²) < 4.78 is 15.6. The molecule has 7 nitrogen and oxygen atoms in total. The molecule has 0 aliphatic carbocycles. The Hall–Kier alpha value is -1.62. The summed E-state index contributed by atoms with van der Waals surface area (Å²) in [7, 11) is 0. The van der Waals surface area contributed by atoms with E-state index >= 15 is 0 Å². The summed E-state index contributed by atoms with van der Waals surface area (Å²) in [4.78, 5) is 21.4. The average molecular weight is 301 g/mol. The number of carbonyl (C=O) groups excluding carboxylic acids is 1. The normalized spacial score (nSPS) is 10.0. The Morgan fingerprint density at radius 2 is 1.62 bits per heavy atom. The summed E-state index contributed by atoms with van der Waals surface area (Å²) in [5, 5.41) is 11.0. The molecule has 0 aliphatic heterocycles. The lowest BCUT2D eigenvalue weighted by molar-refractivity contribution is -0.138. The summed E-state index contributed by atoms with van der Waals surface area (Å²) >= 11 is 0. The summed E-state index contributed by atoms with van der Waals surface area (Å²) in [5.41, 5.74) is 0. The van der Waals surface area contributed by atoms with Crippen LogP contribution in [0.2, 0.25) is 0 Å². The van der Waals surface area contributed by atoms with Crippen molar-refractivity contribution in [3.63, 3.8) is 0 Å². The first kappa shape index (κ1) is 19.4. The maximum absolute atomic E-state index is 11.2. The number of aliphatic carboxylic acids is 1. The lowest BCUT2D eigenvalue weighted by Crippen LogP contribution is -2.25. The van der Waals surface area contributed by atoms with E-state index in [0.717, 1.165) is 0 Å². The first-order valence-corrected chi connectivity index (χ1v) is 6.82. The van der Waals surface area contributed by atoms with Gasteiger partial charge in [0.15, 0.2) is 0 Å². The molecule has 0 heterocycles. The first-order valence-electron chi connectivity index (χ1n) is 6.82. The van der Waals surface area contributed by atoms with Crippen LogP contribution in [0.5, 0.6) is 0 Å². The van der Waals surface area contributed by atoms with Gasteiger partial charge in [-0.15, -0.1) is 6.42 Å². The zero-order chi connectivity index (χ0) is 15.8. The maximum atomic E-state index is 11.2. The molecule has 0 aliphatic rings. The van der Waals surface area contributed by atoms with Crippen molar-refractivity contribution >= 4 is 11.9 Å². The van der Waals surface area contributed by atoms with E-state index in [1.165, 1.54) is 0 Å². The van der Waals surface area contributed by atoms with E-state index in [0.29, 0.717) is 46.0 Å². The molecule has 0 atom stereocenters. The number of ether oxygens (including phenoxy) is 3. The molecular formula is C14H23NO6. The summed E-state index contributed by atoms with van der Waals surface area (Å²) in [6, 6.07) is 0. The van der Waals surface area contributed by atoms with E-state index in [1.54, 1.807) is 0 Å². The van der Waals surface area contributed by atoms with E-state index in [-0.39, 0.29) is 25.4 Å². The molecule has 0 rings (SSSR count). The van der Waals surface area contributed by atoms with Gasteiger partial charge in [0.25, 0.3) is 0 Å². The van der Waals surface area contributed by atoms with Crippen molar-refractivity contribution in [1.82, 2.24) is 5.32 Å². The standard InChI is InChI=1S/C14H23NO6/c1-2-7-19-9-11-21-12-10-20-8-3-6-15-13(16)4-5-14(17)18/h1H,3-12H2,(H,15,16)(H,17,18). The Balaban J connectivity index is 3.14. The number of amides is 1. The van der Waals surface area contributed by atoms with Crippen LogP contribution in [0.25, 0.3) is 0 Å². The van der Waals surface area contributed by atoms with Crippen LogP contribution in [0.4, 0.5) is 0 Å². The zero-order valence-electron chi connectivity index (χ0n) is 12.1. The number of terminal acetylenes is 1. The number of carbonyl (C=O) groups is 2. The van der Waals surface area contributed by atoms with Gasteiger partial charge in [-0.05, 0) is 6.42 Å². The zero-order valence-corrected chi connectivity index (χ0v) is 12.1. The van der Waals surface area contributed by atoms with E-state index in [9.17, 15) is 9.59 Å². The van der Waals surface area contributed by atoms with Crippen molar-refractivity contribution in [2.45, 2.75) is 19.3 Å².